The molecular weight excluding hydrogens is 440 g/mol. The summed E-state index contributed by atoms with van der Waals surface area (Å²) in [6.07, 6.45) is 1.26. The minimum atomic E-state index is -3.80. The van der Waals surface area contributed by atoms with Gasteiger partial charge in [0.2, 0.25) is 27.6 Å². The van der Waals surface area contributed by atoms with Gasteiger partial charge in [0.15, 0.2) is 0 Å². The maximum atomic E-state index is 13.5. The highest BCUT2D eigenvalue weighted by atomic mass is 32.2. The van der Waals surface area contributed by atoms with Gasteiger partial charge in [-0.1, -0.05) is 23.4 Å². The lowest BCUT2D eigenvalue weighted by Crippen LogP contribution is -2.43. The van der Waals surface area contributed by atoms with Crippen LogP contribution in [0, 0.1) is 33.6 Å². The van der Waals surface area contributed by atoms with Crippen molar-refractivity contribution in [2.75, 3.05) is 18.4 Å². The van der Waals surface area contributed by atoms with Gasteiger partial charge in [0.05, 0.1) is 10.8 Å². The molecule has 2 heterocycles. The number of benzene rings is 2. The molecule has 8 nitrogen and oxygen atoms in total. The monoisotopic (exact) mass is 468 g/mol. The predicted octanol–water partition coefficient (Wildman–Crippen LogP) is 4.01. The second-order valence-corrected chi connectivity index (χ2v) is 10.6. The number of carbonyl (C=O) groups is 1. The Labute approximate surface area is 194 Å². The van der Waals surface area contributed by atoms with Crippen LogP contribution < -0.4 is 5.32 Å². The van der Waals surface area contributed by atoms with Crippen LogP contribution in [-0.2, 0) is 14.8 Å². The summed E-state index contributed by atoms with van der Waals surface area (Å²) in [5, 5.41) is 6.85. The minimum Gasteiger partial charge on any atom is -0.339 e. The fourth-order valence-corrected chi connectivity index (χ4v) is 6.01. The molecule has 0 saturated carbocycles. The van der Waals surface area contributed by atoms with Gasteiger partial charge >= 0.3 is 0 Å². The molecule has 0 bridgehead atoms. The van der Waals surface area contributed by atoms with E-state index in [0.717, 1.165) is 16.8 Å². The average Bonchev–Trinajstić information content (AvgIpc) is 3.19. The number of nitrogens with one attached hydrogen (secondary N) is 1. The first-order chi connectivity index (χ1) is 15.6. The Morgan fingerprint density at radius 3 is 2.48 bits per heavy atom. The molecule has 1 aromatic heterocycles. The highest BCUT2D eigenvalue weighted by Gasteiger charge is 2.34. The second-order valence-electron chi connectivity index (χ2n) is 8.69. The first-order valence-electron chi connectivity index (χ1n) is 10.9. The van der Waals surface area contributed by atoms with Crippen molar-refractivity contribution in [1.82, 2.24) is 14.4 Å². The lowest BCUT2D eigenvalue weighted by molar-refractivity contribution is -0.120. The smallest absolute Gasteiger partial charge is 0.243 e. The van der Waals surface area contributed by atoms with Crippen molar-refractivity contribution in [1.29, 1.82) is 0 Å². The van der Waals surface area contributed by atoms with Crippen LogP contribution >= 0.6 is 0 Å². The van der Waals surface area contributed by atoms with Crippen molar-refractivity contribution in [2.45, 2.75) is 45.4 Å². The van der Waals surface area contributed by atoms with Crippen molar-refractivity contribution in [3.8, 4) is 11.4 Å². The van der Waals surface area contributed by atoms with Gasteiger partial charge in [0.25, 0.3) is 0 Å². The van der Waals surface area contributed by atoms with Crippen molar-refractivity contribution < 1.29 is 17.7 Å². The molecule has 1 aliphatic rings. The zero-order valence-corrected chi connectivity index (χ0v) is 20.1. The van der Waals surface area contributed by atoms with Gasteiger partial charge in [0, 0.05) is 31.3 Å². The fourth-order valence-electron chi connectivity index (χ4n) is 4.24. The summed E-state index contributed by atoms with van der Waals surface area (Å²) in [7, 11) is -3.80. The van der Waals surface area contributed by atoms with Gasteiger partial charge in [-0.25, -0.2) is 8.42 Å². The number of nitrogens with zero attached hydrogens (tertiary/aromatic N) is 3. The number of hydrogen-bond donors (Lipinski definition) is 1. The summed E-state index contributed by atoms with van der Waals surface area (Å²) in [6, 6.07) is 11.0. The maximum absolute atomic E-state index is 13.5. The number of sulfonamides is 1. The van der Waals surface area contributed by atoms with E-state index in [1.165, 1.54) is 4.31 Å². The van der Waals surface area contributed by atoms with E-state index in [4.69, 9.17) is 4.52 Å². The van der Waals surface area contributed by atoms with Gasteiger partial charge in [-0.3, -0.25) is 4.79 Å². The highest BCUT2D eigenvalue weighted by molar-refractivity contribution is 7.89. The molecule has 1 N–H and O–H groups in total. The Kier molecular flexibility index (Phi) is 6.36. The molecule has 0 aliphatic carbocycles. The Bertz CT molecular complexity index is 1280. The number of anilines is 1. The van der Waals surface area contributed by atoms with Crippen LogP contribution in [-0.4, -0.2) is 41.9 Å². The molecule has 0 radical (unpaired) electrons. The molecule has 174 valence electrons. The Hall–Kier alpha value is -3.04. The van der Waals surface area contributed by atoms with Crippen LogP contribution in [0.4, 0.5) is 5.69 Å². The number of carbonyl (C=O) groups excluding carboxylic acids is 1. The van der Waals surface area contributed by atoms with Crippen LogP contribution in [0.5, 0.6) is 0 Å². The molecule has 33 heavy (non-hydrogen) atoms. The van der Waals surface area contributed by atoms with E-state index in [1.54, 1.807) is 32.0 Å². The number of aromatic nitrogens is 2. The molecule has 0 spiro atoms. The maximum Gasteiger partial charge on any atom is 0.243 e. The largest absolute Gasteiger partial charge is 0.339 e. The summed E-state index contributed by atoms with van der Waals surface area (Å²) in [5.74, 6) is 0.169. The molecule has 2 aromatic carbocycles. The standard InChI is InChI=1S/C24H28N4O4S/c1-15-10-16(2)12-21(11-15)26-24(29)20-6-5-9-28(14-20)33(30,31)22-13-19(8-7-17(22)3)23-25-18(4)32-27-23/h7-8,10-13,20H,5-6,9,14H2,1-4H3,(H,26,29). The van der Waals surface area contributed by atoms with Gasteiger partial charge in [0.1, 0.15) is 0 Å². The Balaban J connectivity index is 1.55. The van der Waals surface area contributed by atoms with Crippen LogP contribution in [0.2, 0.25) is 0 Å². The number of hydrogen-bond acceptors (Lipinski definition) is 6. The third kappa shape index (κ3) is 4.99. The Morgan fingerprint density at radius 1 is 1.09 bits per heavy atom. The van der Waals surface area contributed by atoms with Gasteiger partial charge in [-0.15, -0.1) is 0 Å². The summed E-state index contributed by atoms with van der Waals surface area (Å²) in [6.45, 7) is 7.91. The number of aryl methyl sites for hydroxylation is 4. The van der Waals surface area contributed by atoms with Crippen LogP contribution in [0.15, 0.2) is 45.8 Å². The Morgan fingerprint density at radius 2 is 1.82 bits per heavy atom. The molecule has 1 unspecified atom stereocenters. The molecule has 1 amide bonds. The molecule has 1 fully saturated rings. The van der Waals surface area contributed by atoms with E-state index in [1.807, 2.05) is 32.0 Å². The SMILES string of the molecule is Cc1cc(C)cc(NC(=O)C2CCCN(S(=O)(=O)c3cc(-c4noc(C)n4)ccc3C)C2)c1. The van der Waals surface area contributed by atoms with Crippen molar-refractivity contribution in [3.63, 3.8) is 0 Å². The van der Waals surface area contributed by atoms with E-state index >= 15 is 0 Å². The third-order valence-corrected chi connectivity index (χ3v) is 7.84. The zero-order valence-electron chi connectivity index (χ0n) is 19.3. The van der Waals surface area contributed by atoms with E-state index in [-0.39, 0.29) is 17.3 Å². The van der Waals surface area contributed by atoms with E-state index in [2.05, 4.69) is 15.5 Å². The number of amides is 1. The highest BCUT2D eigenvalue weighted by Crippen LogP contribution is 2.29. The van der Waals surface area contributed by atoms with Gasteiger partial charge < -0.3 is 9.84 Å². The summed E-state index contributed by atoms with van der Waals surface area (Å²) in [4.78, 5) is 17.3. The van der Waals surface area contributed by atoms with Crippen LogP contribution in [0.1, 0.15) is 35.4 Å². The first kappa shape index (κ1) is 23.1. The normalized spacial score (nSPS) is 17.2. The molecule has 1 saturated heterocycles. The van der Waals surface area contributed by atoms with Crippen LogP contribution in [0.25, 0.3) is 11.4 Å². The quantitative estimate of drug-likeness (QED) is 0.607. The molecular formula is C24H28N4O4S. The number of rotatable bonds is 5. The lowest BCUT2D eigenvalue weighted by atomic mass is 9.98. The topological polar surface area (TPSA) is 105 Å². The lowest BCUT2D eigenvalue weighted by Gasteiger charge is -2.31. The molecule has 4 rings (SSSR count). The number of piperidine rings is 1. The minimum absolute atomic E-state index is 0.143. The van der Waals surface area contributed by atoms with E-state index < -0.39 is 15.9 Å². The van der Waals surface area contributed by atoms with Crippen molar-refractivity contribution >= 4 is 21.6 Å². The molecule has 1 atom stereocenters. The summed E-state index contributed by atoms with van der Waals surface area (Å²) in [5.41, 5.74) is 4.05. The zero-order chi connectivity index (χ0) is 23.8. The molecule has 9 heteroatoms. The first-order valence-corrected chi connectivity index (χ1v) is 12.4. The van der Waals surface area contributed by atoms with Crippen LogP contribution in [0.3, 0.4) is 0 Å². The second kappa shape index (κ2) is 9.07. The fraction of sp³-hybridized carbons (Fsp3) is 0.375. The summed E-state index contributed by atoms with van der Waals surface area (Å²) >= 11 is 0. The van der Waals surface area contributed by atoms with Gasteiger partial charge in [-0.05, 0) is 68.5 Å². The third-order valence-electron chi connectivity index (χ3n) is 5.84. The van der Waals surface area contributed by atoms with Crippen molar-refractivity contribution in [3.05, 3.63) is 59.0 Å². The van der Waals surface area contributed by atoms with Gasteiger partial charge in [-0.2, -0.15) is 9.29 Å². The summed E-state index contributed by atoms with van der Waals surface area (Å²) < 4.78 is 33.5. The van der Waals surface area contributed by atoms with E-state index in [9.17, 15) is 13.2 Å². The predicted molar refractivity (Wildman–Crippen MR) is 125 cm³/mol. The van der Waals surface area contributed by atoms with E-state index in [0.29, 0.717) is 42.2 Å². The molecule has 3 aromatic rings. The average molecular weight is 469 g/mol. The van der Waals surface area contributed by atoms with Crippen molar-refractivity contribution in [2.24, 2.45) is 5.92 Å². The molecule has 1 aliphatic heterocycles.